The predicted octanol–water partition coefficient (Wildman–Crippen LogP) is 5.07. The molecular weight excluding hydrogens is 199 g/mol. The van der Waals surface area contributed by atoms with Gasteiger partial charge >= 0.3 is 0 Å². The van der Waals surface area contributed by atoms with Gasteiger partial charge in [-0.15, -0.1) is 8.58 Å². The first-order chi connectivity index (χ1) is 6.70. The van der Waals surface area contributed by atoms with Gasteiger partial charge in [-0.05, 0) is 35.0 Å². The van der Waals surface area contributed by atoms with Gasteiger partial charge in [-0.25, -0.2) is 0 Å². The van der Waals surface area contributed by atoms with Crippen LogP contribution in [-0.4, -0.2) is 10.8 Å². The molecule has 0 N–H and O–H groups in total. The van der Waals surface area contributed by atoms with Gasteiger partial charge < -0.3 is 0 Å². The van der Waals surface area contributed by atoms with Crippen LogP contribution in [0.25, 0.3) is 0 Å². The molecule has 1 saturated carbocycles. The van der Waals surface area contributed by atoms with Crippen molar-refractivity contribution in [1.29, 1.82) is 0 Å². The first kappa shape index (κ1) is 13.5. The number of hydrogen-bond acceptors (Lipinski definition) is 0. The zero-order valence-corrected chi connectivity index (χ0v) is 12.5. The molecule has 0 aromatic heterocycles. The minimum absolute atomic E-state index is 0.517. The fourth-order valence-electron chi connectivity index (χ4n) is 2.90. The van der Waals surface area contributed by atoms with Gasteiger partial charge in [0.05, 0.1) is 0 Å². The van der Waals surface area contributed by atoms with Crippen LogP contribution in [0, 0.1) is 11.3 Å². The van der Waals surface area contributed by atoms with E-state index in [1.54, 1.807) is 0 Å². The molecule has 0 amide bonds. The summed E-state index contributed by atoms with van der Waals surface area (Å²) in [6, 6.07) is 0. The normalized spacial score (nSPS) is 30.0. The average molecular weight is 228 g/mol. The maximum Gasteiger partial charge on any atom is -0.0199 e. The Hall–Kier alpha value is 0.430. The molecular formula is C14H29P. The lowest BCUT2D eigenvalue weighted by Crippen LogP contribution is -2.34. The molecule has 1 heteroatoms. The van der Waals surface area contributed by atoms with E-state index >= 15 is 0 Å². The minimum Gasteiger partial charge on any atom is -0.113 e. The largest absolute Gasteiger partial charge is 0.113 e. The van der Waals surface area contributed by atoms with E-state index < -0.39 is 0 Å². The van der Waals surface area contributed by atoms with E-state index in [1.807, 2.05) is 0 Å². The molecule has 0 bridgehead atoms. The summed E-state index contributed by atoms with van der Waals surface area (Å²) in [5.41, 5.74) is 1.52. The van der Waals surface area contributed by atoms with Crippen LogP contribution in [0.15, 0.2) is 0 Å². The average Bonchev–Trinajstić information content (AvgIpc) is 1.99. The molecule has 0 saturated heterocycles. The van der Waals surface area contributed by atoms with Gasteiger partial charge in [0.25, 0.3) is 0 Å². The van der Waals surface area contributed by atoms with Crippen molar-refractivity contribution in [2.45, 2.75) is 78.0 Å². The van der Waals surface area contributed by atoms with E-state index in [0.29, 0.717) is 10.6 Å². The summed E-state index contributed by atoms with van der Waals surface area (Å²) < 4.78 is 0. The van der Waals surface area contributed by atoms with Gasteiger partial charge in [-0.1, -0.05) is 54.4 Å². The van der Waals surface area contributed by atoms with E-state index in [-0.39, 0.29) is 0 Å². The van der Waals surface area contributed by atoms with E-state index in [4.69, 9.17) is 0 Å². The van der Waals surface area contributed by atoms with Crippen LogP contribution >= 0.6 is 8.58 Å². The Morgan fingerprint density at radius 2 is 1.40 bits per heavy atom. The molecule has 0 nitrogen and oxygen atoms in total. The van der Waals surface area contributed by atoms with E-state index in [9.17, 15) is 0 Å². The van der Waals surface area contributed by atoms with Gasteiger partial charge in [-0.3, -0.25) is 0 Å². The Balaban J connectivity index is 2.66. The fraction of sp³-hybridized carbons (Fsp3) is 1.00. The Labute approximate surface area is 98.4 Å². The molecule has 1 aliphatic rings. The molecule has 0 aromatic carbocycles. The summed E-state index contributed by atoms with van der Waals surface area (Å²) in [5.74, 6) is 0.962. The summed E-state index contributed by atoms with van der Waals surface area (Å²) in [6.07, 6.45) is 5.89. The van der Waals surface area contributed by atoms with Crippen LogP contribution in [0.1, 0.15) is 67.2 Å². The van der Waals surface area contributed by atoms with E-state index in [2.05, 4.69) is 41.5 Å². The van der Waals surface area contributed by atoms with Crippen LogP contribution in [0.5, 0.6) is 0 Å². The fourth-order valence-corrected chi connectivity index (χ4v) is 5.23. The Bertz CT molecular complexity index is 194. The number of rotatable bonds is 1. The van der Waals surface area contributed by atoms with Gasteiger partial charge in [0.1, 0.15) is 0 Å². The Morgan fingerprint density at radius 1 is 0.867 bits per heavy atom. The van der Waals surface area contributed by atoms with Gasteiger partial charge in [-0.2, -0.15) is 0 Å². The second kappa shape index (κ2) is 4.74. The first-order valence-electron chi connectivity index (χ1n) is 6.48. The molecule has 0 aromatic rings. The molecule has 15 heavy (non-hydrogen) atoms. The van der Waals surface area contributed by atoms with Crippen molar-refractivity contribution >= 4 is 8.58 Å². The molecule has 0 heterocycles. The van der Waals surface area contributed by atoms with Crippen LogP contribution in [0.3, 0.4) is 0 Å². The molecule has 3 atom stereocenters. The van der Waals surface area contributed by atoms with Crippen molar-refractivity contribution in [2.24, 2.45) is 11.3 Å². The third-order valence-corrected chi connectivity index (χ3v) is 5.42. The van der Waals surface area contributed by atoms with Crippen molar-refractivity contribution < 1.29 is 0 Å². The predicted molar refractivity (Wildman–Crippen MR) is 73.3 cm³/mol. The van der Waals surface area contributed by atoms with E-state index in [0.717, 1.165) is 20.2 Å². The smallest absolute Gasteiger partial charge is 0.0199 e. The van der Waals surface area contributed by atoms with Crippen molar-refractivity contribution in [3.05, 3.63) is 0 Å². The second-order valence-corrected chi connectivity index (χ2v) is 9.79. The highest BCUT2D eigenvalue weighted by molar-refractivity contribution is 7.40. The number of hydrogen-bond donors (Lipinski definition) is 0. The Morgan fingerprint density at radius 3 is 1.87 bits per heavy atom. The van der Waals surface area contributed by atoms with Crippen LogP contribution in [0.4, 0.5) is 0 Å². The lowest BCUT2D eigenvalue weighted by Gasteiger charge is -2.43. The molecule has 3 unspecified atom stereocenters. The SMILES string of the molecule is CC(C)(C)PC1CCCCC1C(C)(C)C. The zero-order chi connectivity index (χ0) is 11.7. The molecule has 0 aliphatic heterocycles. The standard InChI is InChI=1S/C14H29P/c1-13(2,3)11-9-7-8-10-12(11)15-14(4,5)6/h11-12,15H,7-10H2,1-6H3. The highest BCUT2D eigenvalue weighted by Gasteiger charge is 2.35. The maximum atomic E-state index is 2.43. The summed E-state index contributed by atoms with van der Waals surface area (Å²) in [4.78, 5) is 0. The van der Waals surface area contributed by atoms with Crippen LogP contribution in [0.2, 0.25) is 0 Å². The van der Waals surface area contributed by atoms with Crippen molar-refractivity contribution in [1.82, 2.24) is 0 Å². The molecule has 1 aliphatic carbocycles. The topological polar surface area (TPSA) is 0 Å². The van der Waals surface area contributed by atoms with Gasteiger partial charge in [0, 0.05) is 0 Å². The molecule has 1 fully saturated rings. The molecule has 0 radical (unpaired) electrons. The highest BCUT2D eigenvalue weighted by Crippen LogP contribution is 2.49. The molecule has 90 valence electrons. The molecule has 1 rings (SSSR count). The minimum atomic E-state index is 0.517. The summed E-state index contributed by atoms with van der Waals surface area (Å²) in [5, 5.41) is 0.533. The summed E-state index contributed by atoms with van der Waals surface area (Å²) in [7, 11) is 1.14. The first-order valence-corrected chi connectivity index (χ1v) is 7.55. The van der Waals surface area contributed by atoms with Gasteiger partial charge in [0.2, 0.25) is 0 Å². The van der Waals surface area contributed by atoms with Crippen molar-refractivity contribution in [3.63, 3.8) is 0 Å². The lowest BCUT2D eigenvalue weighted by atomic mass is 9.72. The second-order valence-electron chi connectivity index (χ2n) is 7.26. The summed E-state index contributed by atoms with van der Waals surface area (Å²) >= 11 is 0. The van der Waals surface area contributed by atoms with Gasteiger partial charge in [0.15, 0.2) is 0 Å². The van der Waals surface area contributed by atoms with Crippen molar-refractivity contribution in [2.75, 3.05) is 0 Å². The maximum absolute atomic E-state index is 2.43. The monoisotopic (exact) mass is 228 g/mol. The summed E-state index contributed by atoms with van der Waals surface area (Å²) in [6.45, 7) is 14.5. The third kappa shape index (κ3) is 4.43. The Kier molecular flexibility index (Phi) is 4.27. The lowest BCUT2D eigenvalue weighted by molar-refractivity contribution is 0.185. The van der Waals surface area contributed by atoms with Crippen LogP contribution < -0.4 is 0 Å². The zero-order valence-electron chi connectivity index (χ0n) is 11.5. The quantitative estimate of drug-likeness (QED) is 0.550. The highest BCUT2D eigenvalue weighted by atomic mass is 31.1. The van der Waals surface area contributed by atoms with Crippen molar-refractivity contribution in [3.8, 4) is 0 Å². The molecule has 0 spiro atoms. The van der Waals surface area contributed by atoms with E-state index in [1.165, 1.54) is 25.7 Å². The third-order valence-electron chi connectivity index (χ3n) is 3.50. The van der Waals surface area contributed by atoms with Crippen LogP contribution in [-0.2, 0) is 0 Å².